The summed E-state index contributed by atoms with van der Waals surface area (Å²) in [5, 5.41) is 3.74. The molecule has 1 heterocycles. The van der Waals surface area contributed by atoms with Crippen molar-refractivity contribution >= 4 is 0 Å². The lowest BCUT2D eigenvalue weighted by molar-refractivity contribution is -0.137. The Morgan fingerprint density at radius 3 is 2.58 bits per heavy atom. The minimum absolute atomic E-state index is 0.542. The fraction of sp³-hybridized carbons (Fsp3) is 0.308. The summed E-state index contributed by atoms with van der Waals surface area (Å²) < 4.78 is 38.7. The van der Waals surface area contributed by atoms with Crippen LogP contribution in [0.25, 0.3) is 5.69 Å². The van der Waals surface area contributed by atoms with Crippen molar-refractivity contribution in [3.8, 4) is 5.69 Å². The molecule has 2 rings (SSSR count). The number of halogens is 3. The van der Waals surface area contributed by atoms with Crippen LogP contribution in [-0.2, 0) is 12.6 Å². The van der Waals surface area contributed by atoms with Gasteiger partial charge in [-0.1, -0.05) is 6.07 Å². The largest absolute Gasteiger partial charge is 0.419 e. The summed E-state index contributed by atoms with van der Waals surface area (Å²) in [6.45, 7) is 2.45. The van der Waals surface area contributed by atoms with Crippen molar-refractivity contribution in [2.24, 2.45) is 5.73 Å². The molecule has 0 bridgehead atoms. The second-order valence-electron chi connectivity index (χ2n) is 4.32. The predicted octanol–water partition coefficient (Wildman–Crippen LogP) is 2.70. The van der Waals surface area contributed by atoms with Crippen LogP contribution in [0.5, 0.6) is 0 Å². The van der Waals surface area contributed by atoms with Crippen molar-refractivity contribution in [2.45, 2.75) is 19.5 Å². The SMILES string of the molecule is Cc1cc(-n2cc(C(F)(F)F)cn2)ccc1CCN. The number of aryl methyl sites for hydroxylation is 1. The first-order valence-corrected chi connectivity index (χ1v) is 5.83. The molecule has 0 atom stereocenters. The molecule has 0 aliphatic rings. The number of nitrogens with zero attached hydrogens (tertiary/aromatic N) is 2. The molecular weight excluding hydrogens is 255 g/mol. The lowest BCUT2D eigenvalue weighted by atomic mass is 10.1. The molecule has 2 aromatic rings. The minimum atomic E-state index is -4.37. The Balaban J connectivity index is 2.32. The Bertz CT molecular complexity index is 573. The maximum absolute atomic E-state index is 12.5. The molecule has 0 amide bonds. The summed E-state index contributed by atoms with van der Waals surface area (Å²) in [5.74, 6) is 0. The molecule has 0 radical (unpaired) electrons. The first-order chi connectivity index (χ1) is 8.91. The van der Waals surface area contributed by atoms with Crippen molar-refractivity contribution in [1.82, 2.24) is 9.78 Å². The van der Waals surface area contributed by atoms with E-state index in [1.807, 2.05) is 13.0 Å². The van der Waals surface area contributed by atoms with Gasteiger partial charge in [0.1, 0.15) is 0 Å². The van der Waals surface area contributed by atoms with E-state index >= 15 is 0 Å². The first kappa shape index (κ1) is 13.6. The van der Waals surface area contributed by atoms with Gasteiger partial charge in [-0.05, 0) is 43.1 Å². The Morgan fingerprint density at radius 2 is 2.05 bits per heavy atom. The fourth-order valence-corrected chi connectivity index (χ4v) is 1.87. The number of hydrogen-bond donors (Lipinski definition) is 1. The van der Waals surface area contributed by atoms with Gasteiger partial charge < -0.3 is 5.73 Å². The lowest BCUT2D eigenvalue weighted by Gasteiger charge is -2.08. The number of benzene rings is 1. The molecular formula is C13H14F3N3. The van der Waals surface area contributed by atoms with Gasteiger partial charge in [-0.25, -0.2) is 4.68 Å². The van der Waals surface area contributed by atoms with E-state index in [9.17, 15) is 13.2 Å². The Hall–Kier alpha value is -1.82. The monoisotopic (exact) mass is 269 g/mol. The summed E-state index contributed by atoms with van der Waals surface area (Å²) in [7, 11) is 0. The first-order valence-electron chi connectivity index (χ1n) is 5.83. The van der Waals surface area contributed by atoms with Gasteiger partial charge in [0.15, 0.2) is 0 Å². The van der Waals surface area contributed by atoms with Crippen LogP contribution < -0.4 is 5.73 Å². The van der Waals surface area contributed by atoms with Crippen LogP contribution in [0.2, 0.25) is 0 Å². The highest BCUT2D eigenvalue weighted by Gasteiger charge is 2.32. The molecule has 0 unspecified atom stereocenters. The Morgan fingerprint density at radius 1 is 1.32 bits per heavy atom. The molecule has 0 saturated carbocycles. The van der Waals surface area contributed by atoms with Crippen molar-refractivity contribution in [3.05, 3.63) is 47.3 Å². The fourth-order valence-electron chi connectivity index (χ4n) is 1.87. The quantitative estimate of drug-likeness (QED) is 0.931. The molecule has 0 aliphatic carbocycles. The summed E-state index contributed by atoms with van der Waals surface area (Å²) in [5.41, 5.74) is 7.42. The molecule has 6 heteroatoms. The van der Waals surface area contributed by atoms with E-state index in [0.717, 1.165) is 29.9 Å². The Kier molecular flexibility index (Phi) is 3.61. The topological polar surface area (TPSA) is 43.8 Å². The molecule has 1 aromatic carbocycles. The second-order valence-corrected chi connectivity index (χ2v) is 4.32. The lowest BCUT2D eigenvalue weighted by Crippen LogP contribution is -2.05. The molecule has 0 fully saturated rings. The number of alkyl halides is 3. The summed E-state index contributed by atoms with van der Waals surface area (Å²) in [6.07, 6.45) is -1.81. The van der Waals surface area contributed by atoms with Gasteiger partial charge in [0.05, 0.1) is 17.4 Å². The highest BCUT2D eigenvalue weighted by atomic mass is 19.4. The zero-order valence-corrected chi connectivity index (χ0v) is 10.4. The van der Waals surface area contributed by atoms with Gasteiger partial charge in [0, 0.05) is 6.20 Å². The van der Waals surface area contributed by atoms with Crippen molar-refractivity contribution in [2.75, 3.05) is 6.54 Å². The van der Waals surface area contributed by atoms with Gasteiger partial charge in [-0.15, -0.1) is 0 Å². The van der Waals surface area contributed by atoms with Crippen LogP contribution >= 0.6 is 0 Å². The Labute approximate surface area is 108 Å². The van der Waals surface area contributed by atoms with Gasteiger partial charge in [0.2, 0.25) is 0 Å². The summed E-state index contributed by atoms with van der Waals surface area (Å²) >= 11 is 0. The van der Waals surface area contributed by atoms with E-state index in [1.165, 1.54) is 4.68 Å². The maximum atomic E-state index is 12.5. The van der Waals surface area contributed by atoms with E-state index in [1.54, 1.807) is 12.1 Å². The molecule has 0 spiro atoms. The third kappa shape index (κ3) is 2.96. The van der Waals surface area contributed by atoms with E-state index in [2.05, 4.69) is 5.10 Å². The van der Waals surface area contributed by atoms with Crippen molar-refractivity contribution < 1.29 is 13.2 Å². The van der Waals surface area contributed by atoms with Crippen LogP contribution in [0.3, 0.4) is 0 Å². The molecule has 102 valence electrons. The van der Waals surface area contributed by atoms with Gasteiger partial charge in [0.25, 0.3) is 0 Å². The average molecular weight is 269 g/mol. The van der Waals surface area contributed by atoms with E-state index in [-0.39, 0.29) is 0 Å². The van der Waals surface area contributed by atoms with Crippen LogP contribution in [0.4, 0.5) is 13.2 Å². The van der Waals surface area contributed by atoms with Gasteiger partial charge in [-0.2, -0.15) is 18.3 Å². The van der Waals surface area contributed by atoms with Gasteiger partial charge >= 0.3 is 6.18 Å². The molecule has 3 nitrogen and oxygen atoms in total. The minimum Gasteiger partial charge on any atom is -0.330 e. The van der Waals surface area contributed by atoms with Crippen molar-refractivity contribution in [1.29, 1.82) is 0 Å². The molecule has 2 N–H and O–H groups in total. The average Bonchev–Trinajstić information content (AvgIpc) is 2.81. The normalized spacial score (nSPS) is 11.8. The molecule has 0 aliphatic heterocycles. The van der Waals surface area contributed by atoms with E-state index in [4.69, 9.17) is 5.73 Å². The number of hydrogen-bond acceptors (Lipinski definition) is 2. The standard InChI is InChI=1S/C13H14F3N3/c1-9-6-12(3-2-10(9)4-5-17)19-8-11(7-18-19)13(14,15)16/h2-3,6-8H,4-5,17H2,1H3. The van der Waals surface area contributed by atoms with E-state index in [0.29, 0.717) is 12.2 Å². The highest BCUT2D eigenvalue weighted by Crippen LogP contribution is 2.29. The summed E-state index contributed by atoms with van der Waals surface area (Å²) in [6, 6.07) is 5.41. The third-order valence-electron chi connectivity index (χ3n) is 2.91. The highest BCUT2D eigenvalue weighted by molar-refractivity contribution is 5.40. The van der Waals surface area contributed by atoms with Crippen LogP contribution in [0.1, 0.15) is 16.7 Å². The number of nitrogens with two attached hydrogens (primary N) is 1. The smallest absolute Gasteiger partial charge is 0.330 e. The predicted molar refractivity (Wildman–Crippen MR) is 66.1 cm³/mol. The van der Waals surface area contributed by atoms with Crippen LogP contribution in [-0.4, -0.2) is 16.3 Å². The van der Waals surface area contributed by atoms with E-state index < -0.39 is 11.7 Å². The zero-order chi connectivity index (χ0) is 14.0. The van der Waals surface area contributed by atoms with Crippen LogP contribution in [0, 0.1) is 6.92 Å². The van der Waals surface area contributed by atoms with Gasteiger partial charge in [-0.3, -0.25) is 0 Å². The van der Waals surface area contributed by atoms with Crippen molar-refractivity contribution in [3.63, 3.8) is 0 Å². The third-order valence-corrected chi connectivity index (χ3v) is 2.91. The molecule has 19 heavy (non-hydrogen) atoms. The second kappa shape index (κ2) is 5.05. The van der Waals surface area contributed by atoms with Crippen LogP contribution in [0.15, 0.2) is 30.6 Å². The summed E-state index contributed by atoms with van der Waals surface area (Å²) in [4.78, 5) is 0. The maximum Gasteiger partial charge on any atom is 0.419 e. The number of aromatic nitrogens is 2. The number of rotatable bonds is 3. The zero-order valence-electron chi connectivity index (χ0n) is 10.4. The molecule has 0 saturated heterocycles. The molecule has 1 aromatic heterocycles.